The standard InChI is InChI=1S/C10H13BrClN3/c1-6-4-13-5-8(14-6)7-2-9(11)15-10(12)3-7/h2-3,6,8,13-14H,4-5H2,1H3/t6-,8?/m1/s1. The number of nitrogens with one attached hydrogen (secondary N) is 2. The summed E-state index contributed by atoms with van der Waals surface area (Å²) in [5.41, 5.74) is 1.17. The average molecular weight is 291 g/mol. The third-order valence-electron chi connectivity index (χ3n) is 2.47. The zero-order valence-electron chi connectivity index (χ0n) is 8.43. The van der Waals surface area contributed by atoms with Gasteiger partial charge in [0.15, 0.2) is 0 Å². The predicted octanol–water partition coefficient (Wildman–Crippen LogP) is 2.12. The summed E-state index contributed by atoms with van der Waals surface area (Å²) in [7, 11) is 0. The highest BCUT2D eigenvalue weighted by Gasteiger charge is 2.19. The second kappa shape index (κ2) is 4.78. The lowest BCUT2D eigenvalue weighted by molar-refractivity contribution is 0.360. The lowest BCUT2D eigenvalue weighted by Gasteiger charge is -2.30. The zero-order chi connectivity index (χ0) is 10.8. The van der Waals surface area contributed by atoms with Crippen LogP contribution in [-0.4, -0.2) is 24.1 Å². The van der Waals surface area contributed by atoms with E-state index in [-0.39, 0.29) is 0 Å². The van der Waals surface area contributed by atoms with Gasteiger partial charge in [-0.05, 0) is 40.5 Å². The van der Waals surface area contributed by atoms with E-state index in [1.165, 1.54) is 5.56 Å². The highest BCUT2D eigenvalue weighted by atomic mass is 79.9. The van der Waals surface area contributed by atoms with E-state index in [2.05, 4.69) is 38.5 Å². The molecule has 1 fully saturated rings. The molecule has 1 unspecified atom stereocenters. The van der Waals surface area contributed by atoms with Crippen molar-refractivity contribution in [1.82, 2.24) is 15.6 Å². The van der Waals surface area contributed by atoms with Gasteiger partial charge in [-0.2, -0.15) is 0 Å². The number of halogens is 2. The van der Waals surface area contributed by atoms with Crippen molar-refractivity contribution in [1.29, 1.82) is 0 Å². The summed E-state index contributed by atoms with van der Waals surface area (Å²) >= 11 is 9.27. The van der Waals surface area contributed by atoms with E-state index in [4.69, 9.17) is 11.6 Å². The Kier molecular flexibility index (Phi) is 3.61. The maximum absolute atomic E-state index is 5.92. The van der Waals surface area contributed by atoms with Gasteiger partial charge >= 0.3 is 0 Å². The van der Waals surface area contributed by atoms with Gasteiger partial charge in [-0.25, -0.2) is 4.98 Å². The Balaban J connectivity index is 2.20. The van der Waals surface area contributed by atoms with Gasteiger partial charge in [-0.15, -0.1) is 0 Å². The number of rotatable bonds is 1. The minimum absolute atomic E-state index is 0.311. The second-order valence-corrected chi connectivity index (χ2v) is 5.02. The third-order valence-corrected chi connectivity index (χ3v) is 3.07. The minimum atomic E-state index is 0.311. The number of hydrogen-bond donors (Lipinski definition) is 2. The summed E-state index contributed by atoms with van der Waals surface area (Å²) in [5, 5.41) is 7.43. The molecule has 0 amide bonds. The number of hydrogen-bond acceptors (Lipinski definition) is 3. The van der Waals surface area contributed by atoms with E-state index >= 15 is 0 Å². The Hall–Kier alpha value is -0.160. The van der Waals surface area contributed by atoms with E-state index < -0.39 is 0 Å². The monoisotopic (exact) mass is 289 g/mol. The fourth-order valence-corrected chi connectivity index (χ4v) is 2.58. The van der Waals surface area contributed by atoms with Crippen LogP contribution < -0.4 is 10.6 Å². The van der Waals surface area contributed by atoms with Gasteiger partial charge in [-0.3, -0.25) is 0 Å². The van der Waals surface area contributed by atoms with Crippen molar-refractivity contribution in [2.24, 2.45) is 0 Å². The molecule has 1 saturated heterocycles. The van der Waals surface area contributed by atoms with E-state index in [0.717, 1.165) is 17.7 Å². The first-order valence-electron chi connectivity index (χ1n) is 4.95. The van der Waals surface area contributed by atoms with Crippen molar-refractivity contribution in [2.75, 3.05) is 13.1 Å². The van der Waals surface area contributed by atoms with Crippen molar-refractivity contribution >= 4 is 27.5 Å². The lowest BCUT2D eigenvalue weighted by Crippen LogP contribution is -2.48. The Morgan fingerprint density at radius 2 is 2.27 bits per heavy atom. The SMILES string of the molecule is C[C@@H]1CNCC(c2cc(Cl)nc(Br)c2)N1. The summed E-state index contributed by atoms with van der Waals surface area (Å²) in [6.45, 7) is 4.10. The van der Waals surface area contributed by atoms with Crippen LogP contribution in [0.25, 0.3) is 0 Å². The molecule has 82 valence electrons. The molecule has 15 heavy (non-hydrogen) atoms. The molecule has 5 heteroatoms. The molecule has 1 aliphatic rings. The van der Waals surface area contributed by atoms with E-state index in [1.807, 2.05) is 12.1 Å². The molecular weight excluding hydrogens is 277 g/mol. The Labute approximate surface area is 103 Å². The fourth-order valence-electron chi connectivity index (χ4n) is 1.80. The average Bonchev–Trinajstić information content (AvgIpc) is 2.16. The molecule has 1 aromatic rings. The van der Waals surface area contributed by atoms with Crippen LogP contribution in [0.5, 0.6) is 0 Å². The highest BCUT2D eigenvalue weighted by molar-refractivity contribution is 9.10. The number of nitrogens with zero attached hydrogens (tertiary/aromatic N) is 1. The van der Waals surface area contributed by atoms with Crippen LogP contribution in [0.2, 0.25) is 5.15 Å². The quantitative estimate of drug-likeness (QED) is 0.778. The van der Waals surface area contributed by atoms with Crippen LogP contribution in [0.3, 0.4) is 0 Å². The van der Waals surface area contributed by atoms with Crippen molar-refractivity contribution in [3.63, 3.8) is 0 Å². The van der Waals surface area contributed by atoms with Crippen molar-refractivity contribution < 1.29 is 0 Å². The Morgan fingerprint density at radius 1 is 1.47 bits per heavy atom. The lowest BCUT2D eigenvalue weighted by atomic mass is 10.1. The first-order valence-corrected chi connectivity index (χ1v) is 6.12. The minimum Gasteiger partial charge on any atom is -0.313 e. The summed E-state index contributed by atoms with van der Waals surface area (Å²) < 4.78 is 0.782. The largest absolute Gasteiger partial charge is 0.313 e. The van der Waals surface area contributed by atoms with Gasteiger partial charge in [0.05, 0.1) is 0 Å². The van der Waals surface area contributed by atoms with Crippen LogP contribution in [0, 0.1) is 0 Å². The van der Waals surface area contributed by atoms with Crippen molar-refractivity contribution in [3.05, 3.63) is 27.5 Å². The van der Waals surface area contributed by atoms with E-state index in [9.17, 15) is 0 Å². The highest BCUT2D eigenvalue weighted by Crippen LogP contribution is 2.21. The van der Waals surface area contributed by atoms with E-state index in [1.54, 1.807) is 0 Å². The number of pyridine rings is 1. The van der Waals surface area contributed by atoms with Gasteiger partial charge in [-0.1, -0.05) is 11.6 Å². The van der Waals surface area contributed by atoms with Crippen molar-refractivity contribution in [2.45, 2.75) is 19.0 Å². The maximum Gasteiger partial charge on any atom is 0.130 e. The second-order valence-electron chi connectivity index (χ2n) is 3.82. The molecule has 2 atom stereocenters. The van der Waals surface area contributed by atoms with Gasteiger partial charge in [0, 0.05) is 25.2 Å². The molecule has 0 saturated carbocycles. The Morgan fingerprint density at radius 3 is 2.93 bits per heavy atom. The van der Waals surface area contributed by atoms with Crippen molar-refractivity contribution in [3.8, 4) is 0 Å². The molecule has 2 rings (SSSR count). The van der Waals surface area contributed by atoms with Crippen LogP contribution in [0.1, 0.15) is 18.5 Å². The summed E-state index contributed by atoms with van der Waals surface area (Å²) in [4.78, 5) is 4.08. The molecule has 0 bridgehead atoms. The topological polar surface area (TPSA) is 37.0 Å². The maximum atomic E-state index is 5.92. The molecule has 0 spiro atoms. The van der Waals surface area contributed by atoms with Crippen LogP contribution in [-0.2, 0) is 0 Å². The smallest absolute Gasteiger partial charge is 0.130 e. The molecule has 3 nitrogen and oxygen atoms in total. The molecule has 1 aliphatic heterocycles. The zero-order valence-corrected chi connectivity index (χ0v) is 10.8. The van der Waals surface area contributed by atoms with Crippen LogP contribution in [0.4, 0.5) is 0 Å². The first-order chi connectivity index (χ1) is 7.15. The van der Waals surface area contributed by atoms with Gasteiger partial charge in [0.25, 0.3) is 0 Å². The molecule has 2 heterocycles. The van der Waals surface area contributed by atoms with Crippen LogP contribution >= 0.6 is 27.5 Å². The molecule has 0 radical (unpaired) electrons. The Bertz CT molecular complexity index is 338. The summed E-state index contributed by atoms with van der Waals surface area (Å²) in [5.74, 6) is 0. The van der Waals surface area contributed by atoms with Crippen LogP contribution in [0.15, 0.2) is 16.7 Å². The number of aromatic nitrogens is 1. The first kappa shape index (κ1) is 11.3. The summed E-state index contributed by atoms with van der Waals surface area (Å²) in [6, 6.07) is 4.70. The van der Waals surface area contributed by atoms with Gasteiger partial charge < -0.3 is 10.6 Å². The molecule has 0 aromatic carbocycles. The molecule has 1 aromatic heterocycles. The fraction of sp³-hybridized carbons (Fsp3) is 0.500. The van der Waals surface area contributed by atoms with E-state index in [0.29, 0.717) is 17.2 Å². The van der Waals surface area contributed by atoms with Gasteiger partial charge in [0.1, 0.15) is 9.76 Å². The predicted molar refractivity (Wildman–Crippen MR) is 65.2 cm³/mol. The number of piperazine rings is 1. The van der Waals surface area contributed by atoms with Gasteiger partial charge in [0.2, 0.25) is 0 Å². The third kappa shape index (κ3) is 2.91. The summed E-state index contributed by atoms with van der Waals surface area (Å²) in [6.07, 6.45) is 0. The molecular formula is C10H13BrClN3. The molecule has 0 aliphatic carbocycles. The normalized spacial score (nSPS) is 26.6. The molecule has 2 N–H and O–H groups in total.